The summed E-state index contributed by atoms with van der Waals surface area (Å²) in [6, 6.07) is 8.61. The van der Waals surface area contributed by atoms with Crippen LogP contribution in [0.25, 0.3) is 16.2 Å². The van der Waals surface area contributed by atoms with E-state index in [1.165, 1.54) is 5.56 Å². The van der Waals surface area contributed by atoms with E-state index in [1.807, 2.05) is 4.40 Å². The van der Waals surface area contributed by atoms with E-state index in [1.54, 1.807) is 17.5 Å². The Morgan fingerprint density at radius 3 is 2.63 bits per heavy atom. The number of benzene rings is 1. The third-order valence-electron chi connectivity index (χ3n) is 3.35. The van der Waals surface area contributed by atoms with Crippen molar-refractivity contribution >= 4 is 16.3 Å². The van der Waals surface area contributed by atoms with Gasteiger partial charge in [0.25, 0.3) is 0 Å². The van der Waals surface area contributed by atoms with Crippen molar-refractivity contribution < 1.29 is 5.11 Å². The molecule has 0 saturated heterocycles. The molecule has 0 saturated carbocycles. The molecular weight excluding hydrogens is 256 g/mol. The largest absolute Gasteiger partial charge is 0.390 e. The summed E-state index contributed by atoms with van der Waals surface area (Å²) in [4.78, 5) is 5.23. The Bertz CT molecular complexity index is 695. The van der Waals surface area contributed by atoms with Gasteiger partial charge in [0.15, 0.2) is 4.96 Å². The molecular formula is C15H16N2OS. The van der Waals surface area contributed by atoms with Gasteiger partial charge in [0, 0.05) is 5.38 Å². The molecule has 0 fully saturated rings. The van der Waals surface area contributed by atoms with Gasteiger partial charge >= 0.3 is 0 Å². The van der Waals surface area contributed by atoms with Gasteiger partial charge < -0.3 is 5.11 Å². The zero-order valence-electron chi connectivity index (χ0n) is 11.0. The molecule has 0 unspecified atom stereocenters. The van der Waals surface area contributed by atoms with Crippen molar-refractivity contribution in [3.8, 4) is 11.3 Å². The first-order valence-electron chi connectivity index (χ1n) is 6.35. The summed E-state index contributed by atoms with van der Waals surface area (Å²) in [5, 5.41) is 11.5. The lowest BCUT2D eigenvalue weighted by Gasteiger charge is -2.07. The van der Waals surface area contributed by atoms with Gasteiger partial charge in [-0.05, 0) is 17.0 Å². The minimum atomic E-state index is 0.00891. The normalized spacial score (nSPS) is 11.6. The smallest absolute Gasteiger partial charge is 0.194 e. The second kappa shape index (κ2) is 4.79. The minimum absolute atomic E-state index is 0.00891. The Balaban J connectivity index is 2.10. The molecule has 0 atom stereocenters. The van der Waals surface area contributed by atoms with Crippen LogP contribution in [0, 0.1) is 0 Å². The standard InChI is InChI=1S/C15H16N2OS/c1-10(2)11-3-5-12(6-4-11)14-9-19-15-16-7-13(8-18)17(14)15/h3-7,9-10,18H,8H2,1-2H3. The average molecular weight is 272 g/mol. The van der Waals surface area contributed by atoms with Gasteiger partial charge in [0.2, 0.25) is 0 Å². The van der Waals surface area contributed by atoms with Gasteiger partial charge in [-0.15, -0.1) is 11.3 Å². The van der Waals surface area contributed by atoms with E-state index < -0.39 is 0 Å². The first kappa shape index (κ1) is 12.4. The molecule has 2 aromatic heterocycles. The molecule has 0 aliphatic rings. The van der Waals surface area contributed by atoms with E-state index >= 15 is 0 Å². The minimum Gasteiger partial charge on any atom is -0.390 e. The van der Waals surface area contributed by atoms with Crippen molar-refractivity contribution in [2.75, 3.05) is 0 Å². The summed E-state index contributed by atoms with van der Waals surface area (Å²) in [6.07, 6.45) is 1.73. The number of rotatable bonds is 3. The number of fused-ring (bicyclic) bond motifs is 1. The summed E-state index contributed by atoms with van der Waals surface area (Å²) in [7, 11) is 0. The lowest BCUT2D eigenvalue weighted by Crippen LogP contribution is -1.93. The van der Waals surface area contributed by atoms with Gasteiger partial charge in [0.05, 0.1) is 24.2 Å². The monoisotopic (exact) mass is 272 g/mol. The van der Waals surface area contributed by atoms with Crippen molar-refractivity contribution in [1.29, 1.82) is 0 Å². The third kappa shape index (κ3) is 2.07. The number of imidazole rings is 1. The second-order valence-corrected chi connectivity index (χ2v) is 5.76. The number of thiazole rings is 1. The number of aliphatic hydroxyl groups excluding tert-OH is 1. The van der Waals surface area contributed by atoms with E-state index in [0.29, 0.717) is 5.92 Å². The summed E-state index contributed by atoms with van der Waals surface area (Å²) in [6.45, 7) is 4.39. The predicted octanol–water partition coefficient (Wildman–Crippen LogP) is 3.68. The first-order valence-corrected chi connectivity index (χ1v) is 7.23. The lowest BCUT2D eigenvalue weighted by molar-refractivity contribution is 0.276. The second-order valence-electron chi connectivity index (χ2n) is 4.92. The molecule has 19 heavy (non-hydrogen) atoms. The van der Waals surface area contributed by atoms with Crippen molar-refractivity contribution in [3.63, 3.8) is 0 Å². The Labute approximate surface area is 116 Å². The molecule has 98 valence electrons. The highest BCUT2D eigenvalue weighted by Crippen LogP contribution is 2.28. The fraction of sp³-hybridized carbons (Fsp3) is 0.267. The zero-order chi connectivity index (χ0) is 13.4. The van der Waals surface area contributed by atoms with Gasteiger partial charge in [0.1, 0.15) is 0 Å². The molecule has 0 aliphatic heterocycles. The van der Waals surface area contributed by atoms with Crippen LogP contribution >= 0.6 is 11.3 Å². The van der Waals surface area contributed by atoms with Crippen LogP contribution in [0.3, 0.4) is 0 Å². The highest BCUT2D eigenvalue weighted by Gasteiger charge is 2.11. The molecule has 3 rings (SSSR count). The van der Waals surface area contributed by atoms with Crippen LogP contribution in [0.15, 0.2) is 35.8 Å². The van der Waals surface area contributed by atoms with E-state index in [0.717, 1.165) is 21.9 Å². The lowest BCUT2D eigenvalue weighted by atomic mass is 10.0. The van der Waals surface area contributed by atoms with Crippen LogP contribution in [-0.2, 0) is 6.61 Å². The maximum absolute atomic E-state index is 9.37. The first-order chi connectivity index (χ1) is 9.20. The number of hydrogen-bond donors (Lipinski definition) is 1. The molecule has 0 bridgehead atoms. The van der Waals surface area contributed by atoms with Crippen molar-refractivity contribution in [2.45, 2.75) is 26.4 Å². The van der Waals surface area contributed by atoms with Crippen LogP contribution in [-0.4, -0.2) is 14.5 Å². The predicted molar refractivity (Wildman–Crippen MR) is 78.5 cm³/mol. The topological polar surface area (TPSA) is 37.5 Å². The molecule has 4 heteroatoms. The van der Waals surface area contributed by atoms with Gasteiger partial charge in [-0.2, -0.15) is 0 Å². The van der Waals surface area contributed by atoms with E-state index in [2.05, 4.69) is 48.5 Å². The van der Waals surface area contributed by atoms with Gasteiger partial charge in [-0.1, -0.05) is 38.1 Å². The summed E-state index contributed by atoms with van der Waals surface area (Å²) in [5.41, 5.74) is 4.42. The molecule has 3 nitrogen and oxygen atoms in total. The van der Waals surface area contributed by atoms with Crippen LogP contribution in [0.2, 0.25) is 0 Å². The molecule has 0 spiro atoms. The molecule has 2 heterocycles. The summed E-state index contributed by atoms with van der Waals surface area (Å²) >= 11 is 1.60. The van der Waals surface area contributed by atoms with Crippen LogP contribution < -0.4 is 0 Å². The fourth-order valence-corrected chi connectivity index (χ4v) is 3.11. The molecule has 3 aromatic rings. The third-order valence-corrected chi connectivity index (χ3v) is 4.19. The molecule has 0 radical (unpaired) electrons. The van der Waals surface area contributed by atoms with Gasteiger partial charge in [-0.25, -0.2) is 4.98 Å². The maximum Gasteiger partial charge on any atom is 0.194 e. The quantitative estimate of drug-likeness (QED) is 0.789. The van der Waals surface area contributed by atoms with Crippen molar-refractivity contribution in [1.82, 2.24) is 9.38 Å². The van der Waals surface area contributed by atoms with Crippen LogP contribution in [0.4, 0.5) is 0 Å². The molecule has 1 aromatic carbocycles. The number of nitrogens with zero attached hydrogens (tertiary/aromatic N) is 2. The molecule has 0 aliphatic carbocycles. The van der Waals surface area contributed by atoms with E-state index in [4.69, 9.17) is 0 Å². The highest BCUT2D eigenvalue weighted by atomic mass is 32.1. The highest BCUT2D eigenvalue weighted by molar-refractivity contribution is 7.15. The number of aliphatic hydroxyl groups is 1. The average Bonchev–Trinajstić information content (AvgIpc) is 2.99. The fourth-order valence-electron chi connectivity index (χ4n) is 2.22. The molecule has 0 amide bonds. The SMILES string of the molecule is CC(C)c1ccc(-c2csc3ncc(CO)n23)cc1. The van der Waals surface area contributed by atoms with Crippen LogP contribution in [0.1, 0.15) is 31.0 Å². The van der Waals surface area contributed by atoms with Crippen LogP contribution in [0.5, 0.6) is 0 Å². The van der Waals surface area contributed by atoms with Gasteiger partial charge in [-0.3, -0.25) is 4.40 Å². The Morgan fingerprint density at radius 2 is 2.00 bits per heavy atom. The summed E-state index contributed by atoms with van der Waals surface area (Å²) in [5.74, 6) is 0.540. The van der Waals surface area contributed by atoms with E-state index in [9.17, 15) is 5.11 Å². The Kier molecular flexibility index (Phi) is 3.12. The Morgan fingerprint density at radius 1 is 1.26 bits per heavy atom. The summed E-state index contributed by atoms with van der Waals surface area (Å²) < 4.78 is 2.02. The molecule has 1 N–H and O–H groups in total. The Hall–Kier alpha value is -1.65. The zero-order valence-corrected chi connectivity index (χ0v) is 11.8. The number of hydrogen-bond acceptors (Lipinski definition) is 3. The maximum atomic E-state index is 9.37. The van der Waals surface area contributed by atoms with Crippen molar-refractivity contribution in [2.24, 2.45) is 0 Å². The van der Waals surface area contributed by atoms with Crippen molar-refractivity contribution in [3.05, 3.63) is 47.1 Å². The van der Waals surface area contributed by atoms with E-state index in [-0.39, 0.29) is 6.61 Å². The number of aromatic nitrogens is 2.